The summed E-state index contributed by atoms with van der Waals surface area (Å²) >= 11 is 0. The SMILES string of the molecule is C=C(C)C(=O)OCCOC(=O)c1ccc(-c2ccc(-c3ccc(C(=O)OCCOC(=O)C(=C)C)cc3)cc2)cc1. The van der Waals surface area contributed by atoms with Crippen molar-refractivity contribution in [2.75, 3.05) is 26.4 Å². The van der Waals surface area contributed by atoms with Crippen molar-refractivity contribution < 1.29 is 38.1 Å². The van der Waals surface area contributed by atoms with Crippen molar-refractivity contribution in [1.82, 2.24) is 0 Å². The van der Waals surface area contributed by atoms with Gasteiger partial charge < -0.3 is 18.9 Å². The van der Waals surface area contributed by atoms with Crippen molar-refractivity contribution in [3.05, 3.63) is 108 Å². The van der Waals surface area contributed by atoms with E-state index in [9.17, 15) is 19.2 Å². The Morgan fingerprint density at radius 3 is 1.00 bits per heavy atom. The van der Waals surface area contributed by atoms with Gasteiger partial charge in [0.05, 0.1) is 11.1 Å². The molecule has 0 spiro atoms. The third-order valence-corrected chi connectivity index (χ3v) is 5.59. The molecular formula is C32H30O8. The van der Waals surface area contributed by atoms with Crippen LogP contribution in [0.25, 0.3) is 22.3 Å². The van der Waals surface area contributed by atoms with E-state index in [2.05, 4.69) is 13.2 Å². The Morgan fingerprint density at radius 2 is 0.725 bits per heavy atom. The first-order valence-corrected chi connectivity index (χ1v) is 12.5. The topological polar surface area (TPSA) is 105 Å². The van der Waals surface area contributed by atoms with E-state index in [0.29, 0.717) is 11.1 Å². The third kappa shape index (κ3) is 8.52. The van der Waals surface area contributed by atoms with Crippen LogP contribution in [0.3, 0.4) is 0 Å². The summed E-state index contributed by atoms with van der Waals surface area (Å²) in [4.78, 5) is 47.1. The summed E-state index contributed by atoms with van der Waals surface area (Å²) in [6.07, 6.45) is 0. The Hall–Kier alpha value is -4.98. The van der Waals surface area contributed by atoms with Crippen LogP contribution >= 0.6 is 0 Å². The standard InChI is InChI=1S/C32H30O8/c1-21(2)29(33)37-17-19-39-31(35)27-13-9-25(10-14-27)23-5-7-24(8-6-23)26-11-15-28(16-12-26)32(36)40-20-18-38-30(34)22(3)4/h5-16H,1,3,17-20H2,2,4H3. The van der Waals surface area contributed by atoms with Crippen molar-refractivity contribution in [2.45, 2.75) is 13.8 Å². The summed E-state index contributed by atoms with van der Waals surface area (Å²) in [6.45, 7) is 9.89. The quantitative estimate of drug-likeness (QED) is 0.127. The highest BCUT2D eigenvalue weighted by molar-refractivity contribution is 5.91. The van der Waals surface area contributed by atoms with Gasteiger partial charge in [-0.05, 0) is 60.4 Å². The summed E-state index contributed by atoms with van der Waals surface area (Å²) in [5, 5.41) is 0. The Balaban J connectivity index is 1.51. The predicted molar refractivity (Wildman–Crippen MR) is 149 cm³/mol. The number of esters is 4. The largest absolute Gasteiger partial charge is 0.459 e. The number of benzene rings is 3. The molecule has 0 N–H and O–H groups in total. The summed E-state index contributed by atoms with van der Waals surface area (Å²) in [7, 11) is 0. The van der Waals surface area contributed by atoms with E-state index >= 15 is 0 Å². The number of carbonyl (C=O) groups is 4. The highest BCUT2D eigenvalue weighted by Crippen LogP contribution is 2.26. The van der Waals surface area contributed by atoms with Crippen LogP contribution in [-0.4, -0.2) is 50.3 Å². The lowest BCUT2D eigenvalue weighted by molar-refractivity contribution is -0.140. The van der Waals surface area contributed by atoms with Crippen LogP contribution in [0.5, 0.6) is 0 Å². The maximum atomic E-state index is 12.2. The van der Waals surface area contributed by atoms with Gasteiger partial charge >= 0.3 is 23.9 Å². The van der Waals surface area contributed by atoms with Crippen molar-refractivity contribution in [3.8, 4) is 22.3 Å². The highest BCUT2D eigenvalue weighted by atomic mass is 16.6. The van der Waals surface area contributed by atoms with Crippen LogP contribution in [-0.2, 0) is 28.5 Å². The van der Waals surface area contributed by atoms with Gasteiger partial charge in [0.15, 0.2) is 0 Å². The maximum absolute atomic E-state index is 12.2. The first kappa shape index (κ1) is 29.6. The van der Waals surface area contributed by atoms with E-state index in [0.717, 1.165) is 22.3 Å². The summed E-state index contributed by atoms with van der Waals surface area (Å²) in [5.74, 6) is -2.07. The predicted octanol–water partition coefficient (Wildman–Crippen LogP) is 5.57. The molecule has 206 valence electrons. The molecular weight excluding hydrogens is 512 g/mol. The lowest BCUT2D eigenvalue weighted by atomic mass is 9.99. The second-order valence-electron chi connectivity index (χ2n) is 8.84. The highest BCUT2D eigenvalue weighted by Gasteiger charge is 2.11. The normalized spacial score (nSPS) is 10.2. The lowest BCUT2D eigenvalue weighted by Gasteiger charge is -2.09. The van der Waals surface area contributed by atoms with Crippen molar-refractivity contribution >= 4 is 23.9 Å². The van der Waals surface area contributed by atoms with E-state index in [-0.39, 0.29) is 37.6 Å². The molecule has 0 aromatic heterocycles. The van der Waals surface area contributed by atoms with Crippen LogP contribution in [0, 0.1) is 0 Å². The Bertz CT molecular complexity index is 1280. The lowest BCUT2D eigenvalue weighted by Crippen LogP contribution is -2.14. The van der Waals surface area contributed by atoms with Crippen molar-refractivity contribution in [3.63, 3.8) is 0 Å². The average Bonchev–Trinajstić information content (AvgIpc) is 2.97. The van der Waals surface area contributed by atoms with E-state index in [1.54, 1.807) is 38.1 Å². The number of ether oxygens (including phenoxy) is 4. The van der Waals surface area contributed by atoms with Gasteiger partial charge in [0.1, 0.15) is 26.4 Å². The molecule has 8 heteroatoms. The Labute approximate surface area is 232 Å². The second kappa shape index (κ2) is 14.2. The van der Waals surface area contributed by atoms with E-state index in [4.69, 9.17) is 18.9 Å². The zero-order valence-corrected chi connectivity index (χ0v) is 22.4. The summed E-state index contributed by atoms with van der Waals surface area (Å²) in [5.41, 5.74) is 5.10. The Kier molecular flexibility index (Phi) is 10.5. The number of carbonyl (C=O) groups excluding carboxylic acids is 4. The van der Waals surface area contributed by atoms with Gasteiger partial charge in [0.25, 0.3) is 0 Å². The molecule has 0 fully saturated rings. The molecule has 0 aliphatic rings. The van der Waals surface area contributed by atoms with Crippen LogP contribution in [0.1, 0.15) is 34.6 Å². The molecule has 8 nitrogen and oxygen atoms in total. The first-order chi connectivity index (χ1) is 19.2. The van der Waals surface area contributed by atoms with Crippen LogP contribution in [0.2, 0.25) is 0 Å². The average molecular weight is 543 g/mol. The minimum absolute atomic E-state index is 0.0382. The van der Waals surface area contributed by atoms with Gasteiger partial charge in [-0.15, -0.1) is 0 Å². The van der Waals surface area contributed by atoms with Gasteiger partial charge in [-0.1, -0.05) is 61.7 Å². The smallest absolute Gasteiger partial charge is 0.338 e. The molecule has 0 aliphatic heterocycles. The Morgan fingerprint density at radius 1 is 0.475 bits per heavy atom. The molecule has 0 radical (unpaired) electrons. The number of hydrogen-bond donors (Lipinski definition) is 0. The minimum atomic E-state index is -0.527. The zero-order chi connectivity index (χ0) is 29.1. The van der Waals surface area contributed by atoms with E-state index in [1.165, 1.54) is 0 Å². The molecule has 0 atom stereocenters. The van der Waals surface area contributed by atoms with Gasteiger partial charge in [-0.3, -0.25) is 0 Å². The van der Waals surface area contributed by atoms with Crippen LogP contribution < -0.4 is 0 Å². The zero-order valence-electron chi connectivity index (χ0n) is 22.4. The van der Waals surface area contributed by atoms with Gasteiger partial charge in [0.2, 0.25) is 0 Å². The summed E-state index contributed by atoms with van der Waals surface area (Å²) in [6, 6.07) is 21.9. The molecule has 0 unspecified atom stereocenters. The van der Waals surface area contributed by atoms with Crippen molar-refractivity contribution in [1.29, 1.82) is 0 Å². The molecule has 0 bridgehead atoms. The van der Waals surface area contributed by atoms with Gasteiger partial charge in [-0.25, -0.2) is 19.2 Å². The minimum Gasteiger partial charge on any atom is -0.459 e. The molecule has 0 aliphatic carbocycles. The molecule has 40 heavy (non-hydrogen) atoms. The van der Waals surface area contributed by atoms with Gasteiger partial charge in [-0.2, -0.15) is 0 Å². The summed E-state index contributed by atoms with van der Waals surface area (Å²) < 4.78 is 20.1. The molecule has 0 saturated carbocycles. The molecule has 3 rings (SSSR count). The van der Waals surface area contributed by atoms with Gasteiger partial charge in [0, 0.05) is 11.1 Å². The number of rotatable bonds is 12. The van der Waals surface area contributed by atoms with Crippen LogP contribution in [0.15, 0.2) is 97.1 Å². The second-order valence-corrected chi connectivity index (χ2v) is 8.84. The van der Waals surface area contributed by atoms with E-state index < -0.39 is 23.9 Å². The fraction of sp³-hybridized carbons (Fsp3) is 0.188. The molecule has 0 saturated heterocycles. The molecule has 0 amide bonds. The maximum Gasteiger partial charge on any atom is 0.338 e. The first-order valence-electron chi connectivity index (χ1n) is 12.5. The van der Waals surface area contributed by atoms with Crippen LogP contribution in [0.4, 0.5) is 0 Å². The van der Waals surface area contributed by atoms with E-state index in [1.807, 2.05) is 48.5 Å². The third-order valence-electron chi connectivity index (χ3n) is 5.59. The molecule has 0 heterocycles. The number of hydrogen-bond acceptors (Lipinski definition) is 8. The monoisotopic (exact) mass is 542 g/mol. The fourth-order valence-corrected chi connectivity index (χ4v) is 3.40. The van der Waals surface area contributed by atoms with Crippen molar-refractivity contribution in [2.24, 2.45) is 0 Å². The molecule has 3 aromatic rings. The molecule has 3 aromatic carbocycles. The fourth-order valence-electron chi connectivity index (χ4n) is 3.40.